The number of fused-ring (bicyclic) bond motifs is 4. The second kappa shape index (κ2) is 8.80. The molecule has 0 spiro atoms. The number of carbonyl (C=O) groups excluding carboxylic acids is 2. The number of para-hydroxylation sites is 2. The van der Waals surface area contributed by atoms with Gasteiger partial charge in [0.1, 0.15) is 0 Å². The van der Waals surface area contributed by atoms with Crippen LogP contribution in [0.4, 0.5) is 17.1 Å². The van der Waals surface area contributed by atoms with E-state index in [1.54, 1.807) is 54.6 Å². The van der Waals surface area contributed by atoms with Gasteiger partial charge in [0, 0.05) is 10.8 Å². The zero-order valence-electron chi connectivity index (χ0n) is 21.0. The van der Waals surface area contributed by atoms with E-state index in [0.717, 1.165) is 32.9 Å². The van der Waals surface area contributed by atoms with Crippen molar-refractivity contribution in [3.05, 3.63) is 143 Å². The molecule has 0 atom stereocenters. The van der Waals surface area contributed by atoms with E-state index in [1.165, 1.54) is 4.90 Å². The molecular formula is C34H18N4O2. The van der Waals surface area contributed by atoms with E-state index in [2.05, 4.69) is 9.69 Å². The summed E-state index contributed by atoms with van der Waals surface area (Å²) in [7, 11) is 0. The van der Waals surface area contributed by atoms with Gasteiger partial charge >= 0.3 is 0 Å². The van der Waals surface area contributed by atoms with Gasteiger partial charge in [0.15, 0.2) is 11.4 Å². The maximum Gasteiger partial charge on any atom is 0.268 e. The lowest BCUT2D eigenvalue weighted by atomic mass is 10.0. The fourth-order valence-electron chi connectivity index (χ4n) is 5.57. The van der Waals surface area contributed by atoms with Crippen LogP contribution in [0.15, 0.2) is 109 Å². The van der Waals surface area contributed by atoms with E-state index >= 15 is 0 Å². The molecule has 1 aliphatic rings. The highest BCUT2D eigenvalue weighted by Crippen LogP contribution is 2.39. The minimum absolute atomic E-state index is 0.350. The molecule has 0 unspecified atom stereocenters. The molecule has 5 aromatic carbocycles. The van der Waals surface area contributed by atoms with Crippen molar-refractivity contribution in [2.24, 2.45) is 0 Å². The molecule has 0 radical (unpaired) electrons. The number of anilines is 1. The molecule has 6 heteroatoms. The SMILES string of the molecule is [C-]#[N+]c1cc([N+]#[C-])cc(-c2ccc3c4ccccc4n(-c4cccc5c4C(=O)N(c4ccccc4)C5=O)c3c2)c1. The van der Waals surface area contributed by atoms with E-state index in [9.17, 15) is 9.59 Å². The Labute approximate surface area is 229 Å². The van der Waals surface area contributed by atoms with E-state index in [-0.39, 0.29) is 11.8 Å². The second-order valence-electron chi connectivity index (χ2n) is 9.53. The van der Waals surface area contributed by atoms with Crippen molar-refractivity contribution in [2.45, 2.75) is 0 Å². The van der Waals surface area contributed by atoms with Crippen LogP contribution in [-0.2, 0) is 0 Å². The molecule has 2 amide bonds. The van der Waals surface area contributed by atoms with Gasteiger partial charge in [-0.3, -0.25) is 9.59 Å². The minimum atomic E-state index is -0.365. The Morgan fingerprint density at radius 3 is 2.02 bits per heavy atom. The van der Waals surface area contributed by atoms with E-state index in [4.69, 9.17) is 13.1 Å². The largest absolute Gasteiger partial charge is 0.308 e. The van der Waals surface area contributed by atoms with Gasteiger partial charge in [0.2, 0.25) is 0 Å². The van der Waals surface area contributed by atoms with Crippen LogP contribution in [0.1, 0.15) is 20.7 Å². The van der Waals surface area contributed by atoms with Crippen LogP contribution in [0, 0.1) is 13.1 Å². The van der Waals surface area contributed by atoms with E-state index in [1.807, 2.05) is 59.2 Å². The minimum Gasteiger partial charge on any atom is -0.308 e. The number of hydrogen-bond donors (Lipinski definition) is 0. The van der Waals surface area contributed by atoms with Gasteiger partial charge in [-0.2, -0.15) is 0 Å². The molecule has 0 aliphatic carbocycles. The molecule has 0 N–H and O–H groups in total. The lowest BCUT2D eigenvalue weighted by Crippen LogP contribution is -2.29. The summed E-state index contributed by atoms with van der Waals surface area (Å²) in [5, 5.41) is 2.00. The average molecular weight is 515 g/mol. The summed E-state index contributed by atoms with van der Waals surface area (Å²) in [6, 6.07) is 33.4. The van der Waals surface area contributed by atoms with Crippen LogP contribution in [0.2, 0.25) is 0 Å². The summed E-state index contributed by atoms with van der Waals surface area (Å²) in [6.07, 6.45) is 0. The highest BCUT2D eigenvalue weighted by atomic mass is 16.2. The molecule has 6 aromatic rings. The second-order valence-corrected chi connectivity index (χ2v) is 9.53. The van der Waals surface area contributed by atoms with Crippen molar-refractivity contribution in [3.63, 3.8) is 0 Å². The first-order valence-corrected chi connectivity index (χ1v) is 12.6. The standard InChI is InChI=1S/C34H18N4O2/c1-35-23-17-22(18-24(20-23)36-2)21-15-16-27-26-11-6-7-13-29(26)38(31(27)19-21)30-14-8-12-28-32(30)34(40)37(33(28)39)25-9-4-3-5-10-25/h3-20H. The van der Waals surface area contributed by atoms with Crippen LogP contribution >= 0.6 is 0 Å². The third-order valence-electron chi connectivity index (χ3n) is 7.32. The number of rotatable bonds is 3. The third kappa shape index (κ3) is 3.34. The van der Waals surface area contributed by atoms with Gasteiger partial charge in [-0.05, 0) is 47.5 Å². The maximum atomic E-state index is 13.9. The van der Waals surface area contributed by atoms with Gasteiger partial charge in [-0.25, -0.2) is 14.6 Å². The highest BCUT2D eigenvalue weighted by molar-refractivity contribution is 6.35. The van der Waals surface area contributed by atoms with E-state index in [0.29, 0.717) is 33.9 Å². The van der Waals surface area contributed by atoms with Crippen molar-refractivity contribution in [3.8, 4) is 16.8 Å². The Kier molecular flexibility index (Phi) is 5.10. The molecule has 7 rings (SSSR count). The third-order valence-corrected chi connectivity index (χ3v) is 7.32. The van der Waals surface area contributed by atoms with Gasteiger partial charge in [-0.1, -0.05) is 72.8 Å². The Hall–Kier alpha value is -5.98. The van der Waals surface area contributed by atoms with Crippen molar-refractivity contribution >= 4 is 50.7 Å². The molecular weight excluding hydrogens is 496 g/mol. The van der Waals surface area contributed by atoms with E-state index < -0.39 is 0 Å². The molecule has 0 saturated heterocycles. The Morgan fingerprint density at radius 1 is 0.575 bits per heavy atom. The quantitative estimate of drug-likeness (QED) is 0.176. The average Bonchev–Trinajstić information content (AvgIpc) is 3.47. The molecule has 1 aliphatic heterocycles. The summed E-state index contributed by atoms with van der Waals surface area (Å²) in [5.74, 6) is -0.715. The molecule has 40 heavy (non-hydrogen) atoms. The first-order valence-electron chi connectivity index (χ1n) is 12.6. The molecule has 0 saturated carbocycles. The Bertz CT molecular complexity index is 2100. The highest BCUT2D eigenvalue weighted by Gasteiger charge is 2.39. The summed E-state index contributed by atoms with van der Waals surface area (Å²) in [6.45, 7) is 14.9. The van der Waals surface area contributed by atoms with Crippen LogP contribution in [0.25, 0.3) is 48.3 Å². The Balaban J connectivity index is 1.50. The smallest absolute Gasteiger partial charge is 0.268 e. The number of hydrogen-bond acceptors (Lipinski definition) is 2. The van der Waals surface area contributed by atoms with Gasteiger partial charge in [0.05, 0.1) is 46.7 Å². The first kappa shape index (κ1) is 23.2. The van der Waals surface area contributed by atoms with Gasteiger partial charge in [-0.15, -0.1) is 0 Å². The molecule has 2 heterocycles. The fourth-order valence-corrected chi connectivity index (χ4v) is 5.57. The molecule has 186 valence electrons. The zero-order valence-corrected chi connectivity index (χ0v) is 21.0. The normalized spacial score (nSPS) is 12.5. The molecule has 0 bridgehead atoms. The summed E-state index contributed by atoms with van der Waals surface area (Å²) >= 11 is 0. The zero-order chi connectivity index (χ0) is 27.4. The predicted octanol–water partition coefficient (Wildman–Crippen LogP) is 8.35. The van der Waals surface area contributed by atoms with Crippen LogP contribution < -0.4 is 4.90 Å². The topological polar surface area (TPSA) is 51.0 Å². The summed E-state index contributed by atoms with van der Waals surface area (Å²) in [5.41, 5.74) is 6.01. The summed E-state index contributed by atoms with van der Waals surface area (Å²) in [4.78, 5) is 35.6. The van der Waals surface area contributed by atoms with Crippen molar-refractivity contribution in [1.29, 1.82) is 0 Å². The maximum absolute atomic E-state index is 13.9. The fraction of sp³-hybridized carbons (Fsp3) is 0. The number of nitrogens with zero attached hydrogens (tertiary/aromatic N) is 4. The van der Waals surface area contributed by atoms with Gasteiger partial charge in [0.25, 0.3) is 11.8 Å². The number of benzene rings is 5. The monoisotopic (exact) mass is 514 g/mol. The van der Waals surface area contributed by atoms with Gasteiger partial charge < -0.3 is 4.57 Å². The number of carbonyl (C=O) groups is 2. The molecule has 0 fully saturated rings. The predicted molar refractivity (Wildman–Crippen MR) is 156 cm³/mol. The van der Waals surface area contributed by atoms with Crippen LogP contribution in [0.3, 0.4) is 0 Å². The lowest BCUT2D eigenvalue weighted by molar-refractivity contribution is 0.0926. The molecule has 1 aromatic heterocycles. The van der Waals surface area contributed by atoms with Crippen LogP contribution in [-0.4, -0.2) is 16.4 Å². The lowest BCUT2D eigenvalue weighted by Gasteiger charge is -2.14. The van der Waals surface area contributed by atoms with Crippen LogP contribution in [0.5, 0.6) is 0 Å². The Morgan fingerprint density at radius 2 is 1.27 bits per heavy atom. The van der Waals surface area contributed by atoms with Crippen molar-refractivity contribution < 1.29 is 9.59 Å². The number of imide groups is 1. The number of amides is 2. The van der Waals surface area contributed by atoms with Crippen molar-refractivity contribution in [2.75, 3.05) is 4.90 Å². The summed E-state index contributed by atoms with van der Waals surface area (Å²) < 4.78 is 2.03. The molecule has 6 nitrogen and oxygen atoms in total. The number of aromatic nitrogens is 1. The van der Waals surface area contributed by atoms with Crippen molar-refractivity contribution in [1.82, 2.24) is 4.57 Å². The first-order chi connectivity index (χ1) is 19.6.